The summed E-state index contributed by atoms with van der Waals surface area (Å²) in [7, 11) is 1.53. The second-order valence-corrected chi connectivity index (χ2v) is 5.53. The molecule has 3 rings (SSSR count). The maximum Gasteiger partial charge on any atom is 0.255 e. The summed E-state index contributed by atoms with van der Waals surface area (Å²) in [6.07, 6.45) is 0. The van der Waals surface area contributed by atoms with Crippen molar-refractivity contribution >= 4 is 38.7 Å². The van der Waals surface area contributed by atoms with Crippen LogP contribution in [0.15, 0.2) is 47.8 Å². The van der Waals surface area contributed by atoms with E-state index < -0.39 is 0 Å². The molecule has 0 saturated carbocycles. The van der Waals surface area contributed by atoms with Crippen LogP contribution in [0.2, 0.25) is 0 Å². The molecule has 2 aromatic carbocycles. The molecule has 3 N–H and O–H groups in total. The Morgan fingerprint density at radius 3 is 2.86 bits per heavy atom. The molecule has 1 amide bonds. The Bertz CT molecular complexity index is 811. The van der Waals surface area contributed by atoms with Gasteiger partial charge in [-0.15, -0.1) is 11.3 Å². The van der Waals surface area contributed by atoms with Crippen LogP contribution in [0.1, 0.15) is 10.4 Å². The van der Waals surface area contributed by atoms with Crippen molar-refractivity contribution in [2.24, 2.45) is 0 Å². The van der Waals surface area contributed by atoms with Crippen LogP contribution in [0.3, 0.4) is 0 Å². The summed E-state index contributed by atoms with van der Waals surface area (Å²) >= 11 is 1.67. The highest BCUT2D eigenvalue weighted by Gasteiger charge is 2.09. The van der Waals surface area contributed by atoms with Crippen molar-refractivity contribution in [3.05, 3.63) is 53.4 Å². The van der Waals surface area contributed by atoms with Crippen molar-refractivity contribution in [1.82, 2.24) is 0 Å². The van der Waals surface area contributed by atoms with Gasteiger partial charge in [0, 0.05) is 16.0 Å². The van der Waals surface area contributed by atoms with Crippen molar-refractivity contribution in [2.75, 3.05) is 18.2 Å². The highest BCUT2D eigenvalue weighted by atomic mass is 32.1. The maximum absolute atomic E-state index is 12.3. The van der Waals surface area contributed by atoms with E-state index in [1.54, 1.807) is 29.5 Å². The number of methoxy groups -OCH3 is 1. The van der Waals surface area contributed by atoms with E-state index in [0.29, 0.717) is 17.0 Å². The first-order valence-corrected chi connectivity index (χ1v) is 7.27. The molecule has 0 radical (unpaired) electrons. The first-order chi connectivity index (χ1) is 10.2. The molecule has 0 aliphatic carbocycles. The van der Waals surface area contributed by atoms with Gasteiger partial charge in [-0.3, -0.25) is 4.79 Å². The first kappa shape index (κ1) is 13.5. The lowest BCUT2D eigenvalue weighted by atomic mass is 10.1. The highest BCUT2D eigenvalue weighted by molar-refractivity contribution is 7.17. The Morgan fingerprint density at radius 2 is 2.05 bits per heavy atom. The van der Waals surface area contributed by atoms with Gasteiger partial charge in [-0.25, -0.2) is 0 Å². The highest BCUT2D eigenvalue weighted by Crippen LogP contribution is 2.25. The van der Waals surface area contributed by atoms with Crippen molar-refractivity contribution in [1.29, 1.82) is 0 Å². The molecule has 0 unspecified atom stereocenters. The van der Waals surface area contributed by atoms with Crippen LogP contribution in [0, 0.1) is 0 Å². The average Bonchev–Trinajstić information content (AvgIpc) is 2.95. The molecule has 5 heteroatoms. The van der Waals surface area contributed by atoms with Crippen LogP contribution in [0.4, 0.5) is 11.4 Å². The van der Waals surface area contributed by atoms with Crippen LogP contribution in [0.25, 0.3) is 10.1 Å². The molecule has 3 aromatic rings. The molecule has 0 fully saturated rings. The molecule has 0 atom stereocenters. The van der Waals surface area contributed by atoms with Crippen molar-refractivity contribution in [3.8, 4) is 5.75 Å². The fraction of sp³-hybridized carbons (Fsp3) is 0.0625. The standard InChI is InChI=1S/C16H14N2O2S/c1-20-14-9-11(2-4-13(14)17)16(19)18-12-3-5-15-10(8-12)6-7-21-15/h2-9H,17H2,1H3,(H,18,19). The second kappa shape index (κ2) is 5.46. The molecule has 0 bridgehead atoms. The van der Waals surface area contributed by atoms with Gasteiger partial charge in [0.1, 0.15) is 5.75 Å². The number of carbonyl (C=O) groups is 1. The second-order valence-electron chi connectivity index (χ2n) is 4.58. The minimum Gasteiger partial charge on any atom is -0.495 e. The fourth-order valence-electron chi connectivity index (χ4n) is 2.10. The Labute approximate surface area is 126 Å². The number of hydrogen-bond donors (Lipinski definition) is 2. The van der Waals surface area contributed by atoms with Crippen LogP contribution in [-0.4, -0.2) is 13.0 Å². The van der Waals surface area contributed by atoms with E-state index in [2.05, 4.69) is 5.32 Å². The lowest BCUT2D eigenvalue weighted by molar-refractivity contribution is 0.102. The lowest BCUT2D eigenvalue weighted by Gasteiger charge is -2.08. The molecule has 0 aliphatic rings. The van der Waals surface area contributed by atoms with Crippen LogP contribution in [0.5, 0.6) is 5.75 Å². The van der Waals surface area contributed by atoms with E-state index in [-0.39, 0.29) is 5.91 Å². The zero-order valence-corrected chi connectivity index (χ0v) is 12.2. The summed E-state index contributed by atoms with van der Waals surface area (Å²) in [5.41, 5.74) is 7.53. The predicted octanol–water partition coefficient (Wildman–Crippen LogP) is 3.74. The van der Waals surface area contributed by atoms with Gasteiger partial charge in [-0.05, 0) is 53.2 Å². The quantitative estimate of drug-likeness (QED) is 0.724. The third-order valence-electron chi connectivity index (χ3n) is 3.21. The molecule has 0 aliphatic heterocycles. The van der Waals surface area contributed by atoms with Gasteiger partial charge in [0.05, 0.1) is 12.8 Å². The largest absolute Gasteiger partial charge is 0.495 e. The summed E-state index contributed by atoms with van der Waals surface area (Å²) in [4.78, 5) is 12.3. The third-order valence-corrected chi connectivity index (χ3v) is 4.10. The van der Waals surface area contributed by atoms with Gasteiger partial charge in [0.15, 0.2) is 0 Å². The normalized spacial score (nSPS) is 10.5. The van der Waals surface area contributed by atoms with Crippen LogP contribution < -0.4 is 15.8 Å². The van der Waals surface area contributed by atoms with E-state index in [4.69, 9.17) is 10.5 Å². The van der Waals surface area contributed by atoms with Crippen LogP contribution >= 0.6 is 11.3 Å². The number of ether oxygens (including phenoxy) is 1. The average molecular weight is 298 g/mol. The van der Waals surface area contributed by atoms with Crippen LogP contribution in [-0.2, 0) is 0 Å². The molecule has 0 saturated heterocycles. The fourth-order valence-corrected chi connectivity index (χ4v) is 2.87. The van der Waals surface area contributed by atoms with E-state index >= 15 is 0 Å². The number of amides is 1. The Morgan fingerprint density at radius 1 is 1.19 bits per heavy atom. The van der Waals surface area contributed by atoms with E-state index in [0.717, 1.165) is 11.1 Å². The number of anilines is 2. The minimum atomic E-state index is -0.192. The molecule has 0 spiro atoms. The summed E-state index contributed by atoms with van der Waals surface area (Å²) < 4.78 is 6.33. The van der Waals surface area contributed by atoms with Gasteiger partial charge in [-0.1, -0.05) is 0 Å². The molecule has 21 heavy (non-hydrogen) atoms. The minimum absolute atomic E-state index is 0.192. The van der Waals surface area contributed by atoms with E-state index in [1.165, 1.54) is 11.8 Å². The number of carbonyl (C=O) groups excluding carboxylic acids is 1. The summed E-state index contributed by atoms with van der Waals surface area (Å²) in [5, 5.41) is 6.03. The van der Waals surface area contributed by atoms with Gasteiger partial charge in [0.2, 0.25) is 0 Å². The molecule has 106 valence electrons. The molecular weight excluding hydrogens is 284 g/mol. The van der Waals surface area contributed by atoms with E-state index in [9.17, 15) is 4.79 Å². The Balaban J connectivity index is 1.85. The summed E-state index contributed by atoms with van der Waals surface area (Å²) in [6, 6.07) is 12.9. The van der Waals surface area contributed by atoms with E-state index in [1.807, 2.05) is 29.6 Å². The number of rotatable bonds is 3. The number of fused-ring (bicyclic) bond motifs is 1. The number of benzene rings is 2. The van der Waals surface area contributed by atoms with Gasteiger partial charge in [-0.2, -0.15) is 0 Å². The summed E-state index contributed by atoms with van der Waals surface area (Å²) in [6.45, 7) is 0. The summed E-state index contributed by atoms with van der Waals surface area (Å²) in [5.74, 6) is 0.304. The van der Waals surface area contributed by atoms with Crippen molar-refractivity contribution in [3.63, 3.8) is 0 Å². The number of thiophene rings is 1. The number of nitrogens with one attached hydrogen (secondary N) is 1. The monoisotopic (exact) mass is 298 g/mol. The number of nitrogens with two attached hydrogens (primary N) is 1. The molecule has 4 nitrogen and oxygen atoms in total. The Kier molecular flexibility index (Phi) is 3.50. The molecule has 1 aromatic heterocycles. The Hall–Kier alpha value is -2.53. The SMILES string of the molecule is COc1cc(C(=O)Nc2ccc3sccc3c2)ccc1N. The smallest absolute Gasteiger partial charge is 0.255 e. The molecule has 1 heterocycles. The zero-order chi connectivity index (χ0) is 14.8. The predicted molar refractivity (Wildman–Crippen MR) is 87.2 cm³/mol. The lowest BCUT2D eigenvalue weighted by Crippen LogP contribution is -2.12. The number of hydrogen-bond acceptors (Lipinski definition) is 4. The third kappa shape index (κ3) is 2.68. The first-order valence-electron chi connectivity index (χ1n) is 6.39. The van der Waals surface area contributed by atoms with Gasteiger partial charge < -0.3 is 15.8 Å². The maximum atomic E-state index is 12.3. The molecular formula is C16H14N2O2S. The van der Waals surface area contributed by atoms with Gasteiger partial charge in [0.25, 0.3) is 5.91 Å². The van der Waals surface area contributed by atoms with Crippen molar-refractivity contribution < 1.29 is 9.53 Å². The topological polar surface area (TPSA) is 64.3 Å². The van der Waals surface area contributed by atoms with Crippen molar-refractivity contribution in [2.45, 2.75) is 0 Å². The van der Waals surface area contributed by atoms with Gasteiger partial charge >= 0.3 is 0 Å². The zero-order valence-electron chi connectivity index (χ0n) is 11.4. The number of nitrogen functional groups attached to an aromatic ring is 1.